The standard InChI is InChI=1S/C22H28N4O3/c1-22(2,3)29-21(28)26-13-5-6-16(15-26)14-18-7-4-8-19(24-18)20(27)25-17-9-11-23-12-10-17/h4,7-12,16H,5-6,13-15H2,1-3H3,(H,23,25,27). The van der Waals surface area contributed by atoms with Crippen molar-refractivity contribution in [2.45, 2.75) is 45.6 Å². The van der Waals surface area contributed by atoms with Crippen LogP contribution in [0.4, 0.5) is 10.5 Å². The number of carbonyl (C=O) groups is 2. The Balaban J connectivity index is 1.61. The number of anilines is 1. The molecule has 0 radical (unpaired) electrons. The molecule has 1 aliphatic rings. The van der Waals surface area contributed by atoms with Crippen molar-refractivity contribution in [3.8, 4) is 0 Å². The molecule has 1 fully saturated rings. The van der Waals surface area contributed by atoms with E-state index in [4.69, 9.17) is 4.74 Å². The third-order valence-corrected chi connectivity index (χ3v) is 4.65. The number of hydrogen-bond donors (Lipinski definition) is 1. The van der Waals surface area contributed by atoms with Gasteiger partial charge in [-0.05, 0) is 70.2 Å². The van der Waals surface area contributed by atoms with Crippen molar-refractivity contribution >= 4 is 17.7 Å². The predicted molar refractivity (Wildman–Crippen MR) is 111 cm³/mol. The van der Waals surface area contributed by atoms with Crippen LogP contribution in [0.3, 0.4) is 0 Å². The highest BCUT2D eigenvalue weighted by Gasteiger charge is 2.28. The predicted octanol–water partition coefficient (Wildman–Crippen LogP) is 3.92. The molecule has 3 heterocycles. The lowest BCUT2D eigenvalue weighted by Gasteiger charge is -2.34. The van der Waals surface area contributed by atoms with Crippen LogP contribution in [0.15, 0.2) is 42.7 Å². The Bertz CT molecular complexity index is 849. The normalized spacial score (nSPS) is 16.9. The molecule has 0 bridgehead atoms. The number of hydrogen-bond acceptors (Lipinski definition) is 5. The number of nitrogens with zero attached hydrogens (tertiary/aromatic N) is 3. The van der Waals surface area contributed by atoms with Crippen LogP contribution in [0.2, 0.25) is 0 Å². The van der Waals surface area contributed by atoms with E-state index in [1.54, 1.807) is 35.5 Å². The van der Waals surface area contributed by atoms with Crippen molar-refractivity contribution < 1.29 is 14.3 Å². The number of rotatable bonds is 4. The van der Waals surface area contributed by atoms with E-state index in [9.17, 15) is 9.59 Å². The number of ether oxygens (including phenoxy) is 1. The zero-order chi connectivity index (χ0) is 20.9. The maximum absolute atomic E-state index is 12.5. The summed E-state index contributed by atoms with van der Waals surface area (Å²) in [6, 6.07) is 8.94. The molecule has 1 atom stereocenters. The van der Waals surface area contributed by atoms with Gasteiger partial charge in [0.15, 0.2) is 0 Å². The highest BCUT2D eigenvalue weighted by Crippen LogP contribution is 2.22. The Kier molecular flexibility index (Phi) is 6.46. The molecule has 2 aromatic heterocycles. The van der Waals surface area contributed by atoms with Crippen molar-refractivity contribution in [1.29, 1.82) is 0 Å². The van der Waals surface area contributed by atoms with Crippen LogP contribution in [-0.2, 0) is 11.2 Å². The lowest BCUT2D eigenvalue weighted by molar-refractivity contribution is 0.0165. The van der Waals surface area contributed by atoms with Gasteiger partial charge in [-0.3, -0.25) is 9.78 Å². The smallest absolute Gasteiger partial charge is 0.410 e. The van der Waals surface area contributed by atoms with Crippen molar-refractivity contribution in [3.05, 3.63) is 54.1 Å². The number of likely N-dealkylation sites (tertiary alicyclic amines) is 1. The maximum atomic E-state index is 12.5. The second-order valence-electron chi connectivity index (χ2n) is 8.34. The monoisotopic (exact) mass is 396 g/mol. The lowest BCUT2D eigenvalue weighted by atomic mass is 9.93. The molecule has 0 aliphatic carbocycles. The third kappa shape index (κ3) is 6.27. The van der Waals surface area contributed by atoms with Gasteiger partial charge in [0.1, 0.15) is 11.3 Å². The van der Waals surface area contributed by atoms with E-state index in [1.807, 2.05) is 32.9 Å². The van der Waals surface area contributed by atoms with Crippen LogP contribution in [0.25, 0.3) is 0 Å². The first kappa shape index (κ1) is 20.8. The molecule has 1 saturated heterocycles. The third-order valence-electron chi connectivity index (χ3n) is 4.65. The topological polar surface area (TPSA) is 84.4 Å². The second-order valence-corrected chi connectivity index (χ2v) is 8.34. The van der Waals surface area contributed by atoms with E-state index in [0.29, 0.717) is 30.4 Å². The quantitative estimate of drug-likeness (QED) is 0.847. The van der Waals surface area contributed by atoms with Gasteiger partial charge in [-0.25, -0.2) is 9.78 Å². The zero-order valence-electron chi connectivity index (χ0n) is 17.2. The summed E-state index contributed by atoms with van der Waals surface area (Å²) in [5.41, 5.74) is 1.40. The summed E-state index contributed by atoms with van der Waals surface area (Å²) < 4.78 is 5.50. The van der Waals surface area contributed by atoms with E-state index in [2.05, 4.69) is 15.3 Å². The van der Waals surface area contributed by atoms with Crippen LogP contribution >= 0.6 is 0 Å². The van der Waals surface area contributed by atoms with E-state index in [-0.39, 0.29) is 12.0 Å². The Hall–Kier alpha value is -2.96. The summed E-state index contributed by atoms with van der Waals surface area (Å²) in [5, 5.41) is 2.82. The molecule has 0 spiro atoms. The van der Waals surface area contributed by atoms with Gasteiger partial charge in [-0.2, -0.15) is 0 Å². The number of aromatic nitrogens is 2. The molecule has 1 unspecified atom stereocenters. The molecule has 154 valence electrons. The van der Waals surface area contributed by atoms with Gasteiger partial charge in [0.05, 0.1) is 0 Å². The molecule has 1 aliphatic heterocycles. The van der Waals surface area contributed by atoms with Gasteiger partial charge in [0, 0.05) is 36.9 Å². The van der Waals surface area contributed by atoms with Crippen molar-refractivity contribution in [2.24, 2.45) is 5.92 Å². The Morgan fingerprint density at radius 3 is 2.69 bits per heavy atom. The first-order valence-corrected chi connectivity index (χ1v) is 9.95. The minimum Gasteiger partial charge on any atom is -0.444 e. The Morgan fingerprint density at radius 1 is 1.21 bits per heavy atom. The Labute approximate surface area is 171 Å². The average Bonchev–Trinajstić information content (AvgIpc) is 2.68. The highest BCUT2D eigenvalue weighted by atomic mass is 16.6. The molecule has 2 amide bonds. The summed E-state index contributed by atoms with van der Waals surface area (Å²) >= 11 is 0. The molecular weight excluding hydrogens is 368 g/mol. The minimum atomic E-state index is -0.498. The number of amides is 2. The van der Waals surface area contributed by atoms with Crippen LogP contribution in [0.5, 0.6) is 0 Å². The minimum absolute atomic E-state index is 0.253. The zero-order valence-corrected chi connectivity index (χ0v) is 17.2. The summed E-state index contributed by atoms with van der Waals surface area (Å²) in [6.45, 7) is 6.98. The van der Waals surface area contributed by atoms with E-state index >= 15 is 0 Å². The molecule has 1 N–H and O–H groups in total. The van der Waals surface area contributed by atoms with Gasteiger partial charge in [0.2, 0.25) is 0 Å². The van der Waals surface area contributed by atoms with Crippen molar-refractivity contribution in [3.63, 3.8) is 0 Å². The van der Waals surface area contributed by atoms with Crippen LogP contribution < -0.4 is 5.32 Å². The maximum Gasteiger partial charge on any atom is 0.410 e. The summed E-state index contributed by atoms with van der Waals surface area (Å²) in [5.74, 6) is 0.0411. The molecule has 29 heavy (non-hydrogen) atoms. The molecular formula is C22H28N4O3. The van der Waals surface area contributed by atoms with E-state index in [0.717, 1.165) is 25.0 Å². The average molecular weight is 396 g/mol. The van der Waals surface area contributed by atoms with Gasteiger partial charge in [0.25, 0.3) is 5.91 Å². The van der Waals surface area contributed by atoms with E-state index in [1.165, 1.54) is 0 Å². The number of carbonyl (C=O) groups excluding carboxylic acids is 2. The fraction of sp³-hybridized carbons (Fsp3) is 0.455. The number of piperidine rings is 1. The lowest BCUT2D eigenvalue weighted by Crippen LogP contribution is -2.43. The van der Waals surface area contributed by atoms with Gasteiger partial charge in [-0.15, -0.1) is 0 Å². The summed E-state index contributed by atoms with van der Waals surface area (Å²) in [4.78, 5) is 35.1. The fourth-order valence-electron chi connectivity index (χ4n) is 3.37. The van der Waals surface area contributed by atoms with Gasteiger partial charge < -0.3 is 15.0 Å². The van der Waals surface area contributed by atoms with Crippen LogP contribution in [0.1, 0.15) is 49.8 Å². The van der Waals surface area contributed by atoms with Crippen molar-refractivity contribution in [2.75, 3.05) is 18.4 Å². The van der Waals surface area contributed by atoms with Crippen LogP contribution in [0, 0.1) is 5.92 Å². The molecule has 2 aromatic rings. The second kappa shape index (κ2) is 9.03. The van der Waals surface area contributed by atoms with Gasteiger partial charge in [-0.1, -0.05) is 6.07 Å². The number of pyridine rings is 2. The molecule has 7 nitrogen and oxygen atoms in total. The fourth-order valence-corrected chi connectivity index (χ4v) is 3.37. The SMILES string of the molecule is CC(C)(C)OC(=O)N1CCCC(Cc2cccc(C(=O)Nc3ccncc3)n2)C1. The summed E-state index contributed by atoms with van der Waals surface area (Å²) in [7, 11) is 0. The Morgan fingerprint density at radius 2 is 1.97 bits per heavy atom. The molecule has 3 rings (SSSR count). The largest absolute Gasteiger partial charge is 0.444 e. The molecule has 0 saturated carbocycles. The molecule has 0 aromatic carbocycles. The molecule has 7 heteroatoms. The van der Waals surface area contributed by atoms with Crippen molar-refractivity contribution in [1.82, 2.24) is 14.9 Å². The first-order valence-electron chi connectivity index (χ1n) is 9.95. The van der Waals surface area contributed by atoms with Gasteiger partial charge >= 0.3 is 6.09 Å². The first-order chi connectivity index (χ1) is 13.8. The van der Waals surface area contributed by atoms with E-state index < -0.39 is 5.60 Å². The summed E-state index contributed by atoms with van der Waals surface area (Å²) in [6.07, 6.45) is 5.66. The van der Waals surface area contributed by atoms with Crippen LogP contribution in [-0.4, -0.2) is 45.6 Å². The number of nitrogens with one attached hydrogen (secondary N) is 1. The highest BCUT2D eigenvalue weighted by molar-refractivity contribution is 6.02.